The number of rotatable bonds is 7. The van der Waals surface area contributed by atoms with Gasteiger partial charge >= 0.3 is 0 Å². The predicted octanol–water partition coefficient (Wildman–Crippen LogP) is 2.11. The minimum Gasteiger partial charge on any atom is -0.481 e. The highest BCUT2D eigenvalue weighted by molar-refractivity contribution is 7.89. The van der Waals surface area contributed by atoms with Crippen molar-refractivity contribution in [1.29, 1.82) is 0 Å². The SMILES string of the molecule is COc1cc(-c2nc(Nc3ccccc3S(N)(=O)=O)sc2CO)cc(OC)n1. The molecule has 0 saturated carbocycles. The Balaban J connectivity index is 2.04. The average molecular weight is 422 g/mol. The molecule has 4 N–H and O–H groups in total. The van der Waals surface area contributed by atoms with Crippen LogP contribution in [0.3, 0.4) is 0 Å². The third-order valence-electron chi connectivity index (χ3n) is 3.75. The van der Waals surface area contributed by atoms with Crippen molar-refractivity contribution in [2.75, 3.05) is 19.5 Å². The number of aliphatic hydroxyl groups is 1. The second-order valence-electron chi connectivity index (χ2n) is 5.56. The maximum Gasteiger partial charge on any atom is 0.240 e. The van der Waals surface area contributed by atoms with Crippen LogP contribution in [0.15, 0.2) is 41.3 Å². The summed E-state index contributed by atoms with van der Waals surface area (Å²) in [5.41, 5.74) is 1.43. The topological polar surface area (TPSA) is 137 Å². The van der Waals surface area contributed by atoms with Crippen molar-refractivity contribution in [3.8, 4) is 23.0 Å². The Morgan fingerprint density at radius 2 is 1.79 bits per heavy atom. The van der Waals surface area contributed by atoms with Gasteiger partial charge in [0.1, 0.15) is 4.90 Å². The Kier molecular flexibility index (Phi) is 5.79. The molecule has 1 aromatic carbocycles. The Bertz CT molecular complexity index is 1080. The molecule has 0 spiro atoms. The lowest BCUT2D eigenvalue weighted by atomic mass is 10.1. The number of nitrogens with zero attached hydrogens (tertiary/aromatic N) is 2. The van der Waals surface area contributed by atoms with Crippen LogP contribution in [0, 0.1) is 0 Å². The number of ether oxygens (including phenoxy) is 2. The maximum atomic E-state index is 11.8. The summed E-state index contributed by atoms with van der Waals surface area (Å²) >= 11 is 1.19. The van der Waals surface area contributed by atoms with Crippen LogP contribution in [0.1, 0.15) is 4.88 Å². The predicted molar refractivity (Wildman–Crippen MR) is 105 cm³/mol. The largest absolute Gasteiger partial charge is 0.481 e. The number of nitrogens with one attached hydrogen (secondary N) is 1. The molecule has 0 radical (unpaired) electrons. The van der Waals surface area contributed by atoms with Crippen molar-refractivity contribution in [1.82, 2.24) is 9.97 Å². The molecule has 3 aromatic rings. The number of para-hydroxylation sites is 1. The van der Waals surface area contributed by atoms with E-state index in [0.717, 1.165) is 0 Å². The van der Waals surface area contributed by atoms with E-state index in [9.17, 15) is 13.5 Å². The number of methoxy groups -OCH3 is 2. The van der Waals surface area contributed by atoms with E-state index in [4.69, 9.17) is 14.6 Å². The standard InChI is InChI=1S/C17H18N4O5S2/c1-25-14-7-10(8-15(20-14)26-2)16-12(9-22)27-17(21-16)19-11-5-3-4-6-13(11)28(18,23)24/h3-8,22H,9H2,1-2H3,(H,19,21)(H2,18,23,24). The molecule has 0 unspecified atom stereocenters. The van der Waals surface area contributed by atoms with Crippen LogP contribution in [0.2, 0.25) is 0 Å². The second kappa shape index (κ2) is 8.10. The fraction of sp³-hybridized carbons (Fsp3) is 0.176. The first kappa shape index (κ1) is 20.0. The normalized spacial score (nSPS) is 11.3. The molecule has 0 aliphatic carbocycles. The Morgan fingerprint density at radius 3 is 2.36 bits per heavy atom. The Hall–Kier alpha value is -2.73. The van der Waals surface area contributed by atoms with Gasteiger partial charge in [0.25, 0.3) is 0 Å². The summed E-state index contributed by atoms with van der Waals surface area (Å²) in [6.45, 7) is -0.252. The average Bonchev–Trinajstić information content (AvgIpc) is 3.10. The minimum atomic E-state index is -3.91. The first-order valence-corrected chi connectivity index (χ1v) is 10.3. The summed E-state index contributed by atoms with van der Waals surface area (Å²) in [4.78, 5) is 9.15. The number of hydrogen-bond acceptors (Lipinski definition) is 9. The molecular formula is C17H18N4O5S2. The first-order valence-electron chi connectivity index (χ1n) is 7.95. The third kappa shape index (κ3) is 4.22. The Labute approximate surface area is 165 Å². The molecule has 11 heteroatoms. The van der Waals surface area contributed by atoms with E-state index in [1.165, 1.54) is 31.6 Å². The summed E-state index contributed by atoms with van der Waals surface area (Å²) in [6, 6.07) is 9.57. The van der Waals surface area contributed by atoms with Gasteiger partial charge in [0.05, 0.1) is 37.1 Å². The number of anilines is 2. The van der Waals surface area contributed by atoms with Crippen LogP contribution >= 0.6 is 11.3 Å². The first-order chi connectivity index (χ1) is 13.4. The van der Waals surface area contributed by atoms with E-state index in [1.54, 1.807) is 30.3 Å². The summed E-state index contributed by atoms with van der Waals surface area (Å²) in [6.07, 6.45) is 0. The van der Waals surface area contributed by atoms with Gasteiger partial charge in [-0.3, -0.25) is 0 Å². The number of sulfonamides is 1. The van der Waals surface area contributed by atoms with E-state index in [0.29, 0.717) is 38.7 Å². The van der Waals surface area contributed by atoms with E-state index >= 15 is 0 Å². The monoisotopic (exact) mass is 422 g/mol. The molecule has 2 aromatic heterocycles. The fourth-order valence-electron chi connectivity index (χ4n) is 2.50. The van der Waals surface area contributed by atoms with Crippen molar-refractivity contribution in [2.24, 2.45) is 5.14 Å². The molecule has 0 aliphatic rings. The van der Waals surface area contributed by atoms with Gasteiger partial charge in [-0.05, 0) is 12.1 Å². The van der Waals surface area contributed by atoms with E-state index < -0.39 is 10.0 Å². The molecule has 3 rings (SSSR count). The highest BCUT2D eigenvalue weighted by Gasteiger charge is 2.18. The van der Waals surface area contributed by atoms with Gasteiger partial charge in [-0.2, -0.15) is 4.98 Å². The van der Waals surface area contributed by atoms with Gasteiger partial charge in [0.15, 0.2) is 5.13 Å². The minimum absolute atomic E-state index is 0.0513. The number of aliphatic hydroxyl groups excluding tert-OH is 1. The lowest BCUT2D eigenvalue weighted by molar-refractivity contribution is 0.286. The molecule has 0 saturated heterocycles. The highest BCUT2D eigenvalue weighted by Crippen LogP contribution is 2.36. The number of aromatic nitrogens is 2. The van der Waals surface area contributed by atoms with Gasteiger partial charge in [0, 0.05) is 17.7 Å². The highest BCUT2D eigenvalue weighted by atomic mass is 32.2. The van der Waals surface area contributed by atoms with Crippen LogP contribution in [0.5, 0.6) is 11.8 Å². The number of thiazole rings is 1. The molecule has 0 aliphatic heterocycles. The molecule has 148 valence electrons. The van der Waals surface area contributed by atoms with Crippen molar-refractivity contribution >= 4 is 32.2 Å². The van der Waals surface area contributed by atoms with Gasteiger partial charge < -0.3 is 19.9 Å². The second-order valence-corrected chi connectivity index (χ2v) is 8.17. The number of benzene rings is 1. The fourth-order valence-corrected chi connectivity index (χ4v) is 4.05. The van der Waals surface area contributed by atoms with E-state index in [-0.39, 0.29) is 11.5 Å². The molecule has 0 atom stereocenters. The van der Waals surface area contributed by atoms with Crippen LogP contribution < -0.4 is 19.9 Å². The van der Waals surface area contributed by atoms with Crippen LogP contribution in [0.25, 0.3) is 11.3 Å². The summed E-state index contributed by atoms with van der Waals surface area (Å²) < 4.78 is 33.9. The molecule has 2 heterocycles. The number of primary sulfonamides is 1. The molecular weight excluding hydrogens is 404 g/mol. The quantitative estimate of drug-likeness (QED) is 0.526. The lowest BCUT2D eigenvalue weighted by Crippen LogP contribution is -2.13. The smallest absolute Gasteiger partial charge is 0.240 e. The zero-order valence-corrected chi connectivity index (χ0v) is 16.7. The van der Waals surface area contributed by atoms with Gasteiger partial charge in [0.2, 0.25) is 21.8 Å². The van der Waals surface area contributed by atoms with Gasteiger partial charge in [-0.15, -0.1) is 0 Å². The summed E-state index contributed by atoms with van der Waals surface area (Å²) in [5.74, 6) is 0.667. The Morgan fingerprint density at radius 1 is 1.14 bits per heavy atom. The van der Waals surface area contributed by atoms with Crippen LogP contribution in [-0.4, -0.2) is 37.7 Å². The number of pyridine rings is 1. The zero-order valence-electron chi connectivity index (χ0n) is 15.0. The van der Waals surface area contributed by atoms with Gasteiger partial charge in [-0.1, -0.05) is 23.5 Å². The van der Waals surface area contributed by atoms with Crippen LogP contribution in [0.4, 0.5) is 10.8 Å². The van der Waals surface area contributed by atoms with Crippen molar-refractivity contribution < 1.29 is 23.0 Å². The molecule has 0 bridgehead atoms. The molecule has 0 amide bonds. The zero-order chi connectivity index (χ0) is 20.3. The lowest BCUT2D eigenvalue weighted by Gasteiger charge is -2.08. The third-order valence-corrected chi connectivity index (χ3v) is 5.67. The molecule has 9 nitrogen and oxygen atoms in total. The number of hydrogen-bond donors (Lipinski definition) is 3. The van der Waals surface area contributed by atoms with Crippen molar-refractivity contribution in [3.05, 3.63) is 41.3 Å². The van der Waals surface area contributed by atoms with Gasteiger partial charge in [-0.25, -0.2) is 18.5 Å². The van der Waals surface area contributed by atoms with Crippen molar-refractivity contribution in [3.63, 3.8) is 0 Å². The van der Waals surface area contributed by atoms with Crippen molar-refractivity contribution in [2.45, 2.75) is 11.5 Å². The van der Waals surface area contributed by atoms with E-state index in [2.05, 4.69) is 15.3 Å². The summed E-state index contributed by atoms with van der Waals surface area (Å²) in [5, 5.41) is 18.4. The summed E-state index contributed by atoms with van der Waals surface area (Å²) in [7, 11) is -0.943. The maximum absolute atomic E-state index is 11.8. The van der Waals surface area contributed by atoms with Crippen LogP contribution in [-0.2, 0) is 16.6 Å². The molecule has 0 fully saturated rings. The number of nitrogens with two attached hydrogens (primary N) is 1. The van der Waals surface area contributed by atoms with E-state index in [1.807, 2.05) is 0 Å². The molecule has 28 heavy (non-hydrogen) atoms.